The lowest BCUT2D eigenvalue weighted by atomic mass is 9.93. The van der Waals surface area contributed by atoms with Gasteiger partial charge in [-0.15, -0.1) is 0 Å². The number of halogens is 1. The summed E-state index contributed by atoms with van der Waals surface area (Å²) in [5.41, 5.74) is 12.0. The van der Waals surface area contributed by atoms with Crippen molar-refractivity contribution in [3.05, 3.63) is 83.9 Å². The van der Waals surface area contributed by atoms with Crippen molar-refractivity contribution in [3.8, 4) is 16.9 Å². The topological polar surface area (TPSA) is 38.5 Å². The van der Waals surface area contributed by atoms with Crippen molar-refractivity contribution in [2.24, 2.45) is 5.73 Å². The molecule has 0 unspecified atom stereocenters. The lowest BCUT2D eigenvalue weighted by Crippen LogP contribution is -2.28. The number of nitrogens with zero attached hydrogens (tertiary/aromatic N) is 1. The van der Waals surface area contributed by atoms with Crippen molar-refractivity contribution in [3.63, 3.8) is 0 Å². The van der Waals surface area contributed by atoms with E-state index in [1.807, 2.05) is 24.3 Å². The summed E-state index contributed by atoms with van der Waals surface area (Å²) in [4.78, 5) is 2.44. The summed E-state index contributed by atoms with van der Waals surface area (Å²) in [6, 6.07) is 25.1. The van der Waals surface area contributed by atoms with Crippen molar-refractivity contribution in [1.82, 2.24) is 0 Å². The summed E-state index contributed by atoms with van der Waals surface area (Å²) in [6.07, 6.45) is 0. The summed E-state index contributed by atoms with van der Waals surface area (Å²) < 4.78 is 4.97. The van der Waals surface area contributed by atoms with Crippen LogP contribution in [0.15, 0.2) is 72.8 Å². The first kappa shape index (κ1) is 19.5. The Balaban J connectivity index is 0.000000180. The SMILES string of the molecule is BrCCN1Cc2ccccc2-c2ccccc21.COc1ccc(CN)cc1. The van der Waals surface area contributed by atoms with Crippen LogP contribution in [0.4, 0.5) is 5.69 Å². The number of methoxy groups -OCH3 is 1. The van der Waals surface area contributed by atoms with E-state index >= 15 is 0 Å². The Morgan fingerprint density at radius 3 is 2.26 bits per heavy atom. The molecule has 0 aromatic heterocycles. The van der Waals surface area contributed by atoms with Crippen LogP contribution in [0.25, 0.3) is 11.1 Å². The molecular weight excluding hydrogens is 400 g/mol. The molecule has 0 radical (unpaired) electrons. The monoisotopic (exact) mass is 424 g/mol. The molecule has 0 amide bonds. The number of para-hydroxylation sites is 1. The van der Waals surface area contributed by atoms with E-state index < -0.39 is 0 Å². The Labute approximate surface area is 169 Å². The highest BCUT2D eigenvalue weighted by Crippen LogP contribution is 2.38. The molecular formula is C23H25BrN2O. The molecule has 4 rings (SSSR count). The van der Waals surface area contributed by atoms with Gasteiger partial charge in [-0.3, -0.25) is 0 Å². The number of benzene rings is 3. The highest BCUT2D eigenvalue weighted by molar-refractivity contribution is 9.09. The summed E-state index contributed by atoms with van der Waals surface area (Å²) in [5, 5.41) is 1.00. The maximum atomic E-state index is 5.40. The van der Waals surface area contributed by atoms with Gasteiger partial charge < -0.3 is 15.4 Å². The number of hydrogen-bond acceptors (Lipinski definition) is 3. The number of ether oxygens (including phenoxy) is 1. The standard InChI is InChI=1S/C15H14BrN.C8H11NO/c16-9-10-17-11-12-5-1-2-6-13(12)14-7-3-4-8-15(14)17;1-10-8-4-2-7(6-9)3-5-8/h1-8H,9-11H2;2-5H,6,9H2,1H3. The Hall–Kier alpha value is -2.30. The fourth-order valence-electron chi connectivity index (χ4n) is 3.25. The molecule has 27 heavy (non-hydrogen) atoms. The zero-order valence-corrected chi connectivity index (χ0v) is 17.2. The Bertz CT molecular complexity index is 841. The van der Waals surface area contributed by atoms with E-state index in [1.165, 1.54) is 22.4 Å². The fraction of sp³-hybridized carbons (Fsp3) is 0.217. The van der Waals surface area contributed by atoms with E-state index in [0.717, 1.165) is 29.7 Å². The minimum Gasteiger partial charge on any atom is -0.497 e. The van der Waals surface area contributed by atoms with Gasteiger partial charge >= 0.3 is 0 Å². The normalized spacial score (nSPS) is 11.7. The lowest BCUT2D eigenvalue weighted by molar-refractivity contribution is 0.414. The van der Waals surface area contributed by atoms with E-state index in [2.05, 4.69) is 69.4 Å². The van der Waals surface area contributed by atoms with E-state index in [-0.39, 0.29) is 0 Å². The zero-order valence-electron chi connectivity index (χ0n) is 15.6. The van der Waals surface area contributed by atoms with Gasteiger partial charge in [-0.25, -0.2) is 0 Å². The Morgan fingerprint density at radius 2 is 1.59 bits per heavy atom. The molecule has 1 aliphatic rings. The first-order valence-electron chi connectivity index (χ1n) is 9.08. The highest BCUT2D eigenvalue weighted by Gasteiger charge is 2.20. The second-order valence-corrected chi connectivity index (χ2v) is 7.13. The average Bonchev–Trinajstić information content (AvgIpc) is 2.74. The summed E-state index contributed by atoms with van der Waals surface area (Å²) in [5.74, 6) is 0.872. The van der Waals surface area contributed by atoms with Crippen molar-refractivity contribution >= 4 is 21.6 Å². The van der Waals surface area contributed by atoms with Gasteiger partial charge in [-0.1, -0.05) is 70.5 Å². The van der Waals surface area contributed by atoms with E-state index in [9.17, 15) is 0 Å². The van der Waals surface area contributed by atoms with Crippen LogP contribution in [0.3, 0.4) is 0 Å². The number of nitrogens with two attached hydrogens (primary N) is 1. The van der Waals surface area contributed by atoms with Crippen LogP contribution in [0, 0.1) is 0 Å². The van der Waals surface area contributed by atoms with Gasteiger partial charge in [0.05, 0.1) is 7.11 Å². The molecule has 3 aromatic carbocycles. The van der Waals surface area contributed by atoms with Crippen LogP contribution in [-0.2, 0) is 13.1 Å². The molecule has 0 saturated carbocycles. The maximum Gasteiger partial charge on any atom is 0.118 e. The first-order valence-corrected chi connectivity index (χ1v) is 10.2. The largest absolute Gasteiger partial charge is 0.497 e. The number of alkyl halides is 1. The van der Waals surface area contributed by atoms with Crippen LogP contribution in [0.5, 0.6) is 5.75 Å². The third kappa shape index (κ3) is 4.71. The van der Waals surface area contributed by atoms with Gasteiger partial charge in [-0.2, -0.15) is 0 Å². The quantitative estimate of drug-likeness (QED) is 0.583. The molecule has 0 saturated heterocycles. The fourth-order valence-corrected chi connectivity index (χ4v) is 3.68. The third-order valence-corrected chi connectivity index (χ3v) is 5.02. The Kier molecular flexibility index (Phi) is 6.91. The van der Waals surface area contributed by atoms with E-state index in [1.54, 1.807) is 7.11 Å². The number of fused-ring (bicyclic) bond motifs is 3. The summed E-state index contributed by atoms with van der Waals surface area (Å²) >= 11 is 3.54. The summed E-state index contributed by atoms with van der Waals surface area (Å²) in [6.45, 7) is 2.65. The smallest absolute Gasteiger partial charge is 0.118 e. The molecule has 0 aliphatic carbocycles. The first-order chi connectivity index (χ1) is 13.3. The maximum absolute atomic E-state index is 5.40. The number of anilines is 1. The van der Waals surface area contributed by atoms with Crippen molar-refractivity contribution < 1.29 is 4.74 Å². The third-order valence-electron chi connectivity index (χ3n) is 4.66. The van der Waals surface area contributed by atoms with Gasteiger partial charge in [0.2, 0.25) is 0 Å². The molecule has 1 aliphatic heterocycles. The predicted molar refractivity (Wildman–Crippen MR) is 118 cm³/mol. The van der Waals surface area contributed by atoms with E-state index in [4.69, 9.17) is 10.5 Å². The van der Waals surface area contributed by atoms with Gasteiger partial charge in [-0.05, 0) is 34.9 Å². The molecule has 0 bridgehead atoms. The highest BCUT2D eigenvalue weighted by atomic mass is 79.9. The summed E-state index contributed by atoms with van der Waals surface area (Å²) in [7, 11) is 1.65. The zero-order chi connectivity index (χ0) is 19.1. The second kappa shape index (κ2) is 9.58. The predicted octanol–water partition coefficient (Wildman–Crippen LogP) is 5.22. The minimum absolute atomic E-state index is 0.587. The molecule has 2 N–H and O–H groups in total. The van der Waals surface area contributed by atoms with Crippen LogP contribution in [-0.4, -0.2) is 19.0 Å². The minimum atomic E-state index is 0.587. The molecule has 3 nitrogen and oxygen atoms in total. The van der Waals surface area contributed by atoms with Crippen molar-refractivity contribution in [1.29, 1.82) is 0 Å². The second-order valence-electron chi connectivity index (χ2n) is 6.34. The van der Waals surface area contributed by atoms with Gasteiger partial charge in [0.15, 0.2) is 0 Å². The van der Waals surface area contributed by atoms with Crippen LogP contribution in [0.2, 0.25) is 0 Å². The number of rotatable bonds is 4. The van der Waals surface area contributed by atoms with Crippen LogP contribution < -0.4 is 15.4 Å². The van der Waals surface area contributed by atoms with Crippen LogP contribution in [0.1, 0.15) is 11.1 Å². The van der Waals surface area contributed by atoms with Crippen molar-refractivity contribution in [2.45, 2.75) is 13.1 Å². The molecule has 3 aromatic rings. The van der Waals surface area contributed by atoms with Gasteiger partial charge in [0.1, 0.15) is 5.75 Å². The molecule has 1 heterocycles. The van der Waals surface area contributed by atoms with E-state index in [0.29, 0.717) is 6.54 Å². The average molecular weight is 425 g/mol. The lowest BCUT2D eigenvalue weighted by Gasteiger charge is -2.32. The molecule has 0 atom stereocenters. The van der Waals surface area contributed by atoms with Crippen LogP contribution >= 0.6 is 15.9 Å². The molecule has 4 heteroatoms. The van der Waals surface area contributed by atoms with Gasteiger partial charge in [0, 0.05) is 36.2 Å². The number of hydrogen-bond donors (Lipinski definition) is 1. The van der Waals surface area contributed by atoms with Crippen molar-refractivity contribution in [2.75, 3.05) is 23.9 Å². The molecule has 0 spiro atoms. The Morgan fingerprint density at radius 1 is 0.926 bits per heavy atom. The molecule has 140 valence electrons. The molecule has 0 fully saturated rings. The van der Waals surface area contributed by atoms with Gasteiger partial charge in [0.25, 0.3) is 0 Å².